The lowest BCUT2D eigenvalue weighted by molar-refractivity contribution is -0.119. The molecular weight excluding hydrogens is 329 g/mol. The summed E-state index contributed by atoms with van der Waals surface area (Å²) in [5.41, 5.74) is 1.32. The van der Waals surface area contributed by atoms with Crippen molar-refractivity contribution in [3.8, 4) is 0 Å². The Morgan fingerprint density at radius 3 is 2.80 bits per heavy atom. The molecule has 0 spiro atoms. The van der Waals surface area contributed by atoms with Crippen LogP contribution in [0.3, 0.4) is 0 Å². The molecule has 3 amide bonds. The standard InChI is InChI=1S/C17H18FN3O4/c1-9(22)19-7-13-8-20(17(24)25-13)12-4-10-5-15(23)21(11-2-3-11)16(10)14(18)6-12/h4,6,11,13H,2-3,5,7-8H2,1H3,(H,19,22)/t13-/m0/s1. The van der Waals surface area contributed by atoms with Gasteiger partial charge in [-0.3, -0.25) is 14.5 Å². The molecule has 3 aliphatic rings. The summed E-state index contributed by atoms with van der Waals surface area (Å²) < 4.78 is 19.9. The Kier molecular flexibility index (Phi) is 3.63. The summed E-state index contributed by atoms with van der Waals surface area (Å²) in [7, 11) is 0. The Labute approximate surface area is 143 Å². The monoisotopic (exact) mass is 347 g/mol. The number of fused-ring (bicyclic) bond motifs is 1. The highest BCUT2D eigenvalue weighted by Gasteiger charge is 2.41. The number of amides is 3. The van der Waals surface area contributed by atoms with Crippen LogP contribution >= 0.6 is 0 Å². The Hall–Kier alpha value is -2.64. The Bertz CT molecular complexity index is 777. The van der Waals surface area contributed by atoms with Gasteiger partial charge in [0.05, 0.1) is 30.9 Å². The molecule has 132 valence electrons. The predicted molar refractivity (Wildman–Crippen MR) is 86.9 cm³/mol. The minimum absolute atomic E-state index is 0.0962. The second-order valence-electron chi connectivity index (χ2n) is 6.66. The molecule has 0 aromatic heterocycles. The Morgan fingerprint density at radius 1 is 1.36 bits per heavy atom. The minimum Gasteiger partial charge on any atom is -0.442 e. The zero-order valence-electron chi connectivity index (χ0n) is 13.8. The Morgan fingerprint density at radius 2 is 2.12 bits per heavy atom. The van der Waals surface area contributed by atoms with Crippen molar-refractivity contribution in [2.75, 3.05) is 22.9 Å². The van der Waals surface area contributed by atoms with E-state index in [9.17, 15) is 18.8 Å². The maximum atomic E-state index is 14.7. The van der Waals surface area contributed by atoms with Gasteiger partial charge in [0.15, 0.2) is 0 Å². The summed E-state index contributed by atoms with van der Waals surface area (Å²) in [5, 5.41) is 2.60. The van der Waals surface area contributed by atoms with Crippen molar-refractivity contribution < 1.29 is 23.5 Å². The van der Waals surface area contributed by atoms with Gasteiger partial charge in [-0.25, -0.2) is 9.18 Å². The smallest absolute Gasteiger partial charge is 0.414 e. The first-order valence-electron chi connectivity index (χ1n) is 8.31. The molecule has 25 heavy (non-hydrogen) atoms. The van der Waals surface area contributed by atoms with Gasteiger partial charge < -0.3 is 15.0 Å². The number of nitrogens with zero attached hydrogens (tertiary/aromatic N) is 2. The molecule has 1 N–H and O–H groups in total. The number of carbonyl (C=O) groups is 3. The number of carbonyl (C=O) groups excluding carboxylic acids is 3. The Balaban J connectivity index is 1.57. The summed E-state index contributed by atoms with van der Waals surface area (Å²) in [6.45, 7) is 1.81. The molecule has 2 heterocycles. The highest BCUT2D eigenvalue weighted by atomic mass is 19.1. The van der Waals surface area contributed by atoms with Crippen molar-refractivity contribution in [3.05, 3.63) is 23.5 Å². The number of hydrogen-bond donors (Lipinski definition) is 1. The molecule has 1 aliphatic carbocycles. The normalized spacial score (nSPS) is 22.2. The van der Waals surface area contributed by atoms with Gasteiger partial charge in [0.2, 0.25) is 11.8 Å². The van der Waals surface area contributed by atoms with Crippen molar-refractivity contribution in [1.29, 1.82) is 0 Å². The van der Waals surface area contributed by atoms with E-state index >= 15 is 0 Å². The number of cyclic esters (lactones) is 1. The maximum Gasteiger partial charge on any atom is 0.414 e. The van der Waals surface area contributed by atoms with Gasteiger partial charge in [-0.1, -0.05) is 0 Å². The van der Waals surface area contributed by atoms with Crippen LogP contribution in [-0.4, -0.2) is 43.1 Å². The molecule has 1 atom stereocenters. The summed E-state index contributed by atoms with van der Waals surface area (Å²) in [6, 6.07) is 3.06. The zero-order chi connectivity index (χ0) is 17.7. The van der Waals surface area contributed by atoms with Crippen molar-refractivity contribution >= 4 is 29.3 Å². The van der Waals surface area contributed by atoms with E-state index in [0.29, 0.717) is 16.9 Å². The fourth-order valence-electron chi connectivity index (χ4n) is 3.39. The third kappa shape index (κ3) is 2.81. The van der Waals surface area contributed by atoms with Crippen LogP contribution in [0.5, 0.6) is 0 Å². The first-order valence-corrected chi connectivity index (χ1v) is 8.31. The quantitative estimate of drug-likeness (QED) is 0.891. The summed E-state index contributed by atoms with van der Waals surface area (Å²) in [4.78, 5) is 38.1. The molecule has 1 aromatic rings. The van der Waals surface area contributed by atoms with Gasteiger partial charge in [0, 0.05) is 13.0 Å². The average Bonchev–Trinajstić information content (AvgIpc) is 3.22. The van der Waals surface area contributed by atoms with E-state index in [4.69, 9.17) is 4.74 Å². The number of nitrogens with one attached hydrogen (secondary N) is 1. The number of hydrogen-bond acceptors (Lipinski definition) is 4. The van der Waals surface area contributed by atoms with Crippen LogP contribution in [0.2, 0.25) is 0 Å². The van der Waals surface area contributed by atoms with Crippen LogP contribution in [-0.2, 0) is 20.7 Å². The van der Waals surface area contributed by atoms with E-state index in [-0.39, 0.29) is 37.4 Å². The largest absolute Gasteiger partial charge is 0.442 e. The molecule has 2 fully saturated rings. The summed E-state index contributed by atoms with van der Waals surface area (Å²) >= 11 is 0. The van der Waals surface area contributed by atoms with Gasteiger partial charge in [0.1, 0.15) is 11.9 Å². The topological polar surface area (TPSA) is 79.0 Å². The second-order valence-corrected chi connectivity index (χ2v) is 6.66. The van der Waals surface area contributed by atoms with Crippen molar-refractivity contribution in [3.63, 3.8) is 0 Å². The van der Waals surface area contributed by atoms with Crippen LogP contribution in [0.1, 0.15) is 25.3 Å². The predicted octanol–water partition coefficient (Wildman–Crippen LogP) is 1.34. The maximum absolute atomic E-state index is 14.7. The fourth-order valence-corrected chi connectivity index (χ4v) is 3.39. The molecule has 4 rings (SSSR count). The number of benzene rings is 1. The number of ether oxygens (including phenoxy) is 1. The lowest BCUT2D eigenvalue weighted by atomic mass is 10.1. The lowest BCUT2D eigenvalue weighted by Gasteiger charge is -2.19. The molecule has 7 nitrogen and oxygen atoms in total. The van der Waals surface area contributed by atoms with E-state index in [0.717, 1.165) is 12.8 Å². The first-order chi connectivity index (χ1) is 11.9. The molecule has 1 saturated carbocycles. The fraction of sp³-hybridized carbons (Fsp3) is 0.471. The van der Waals surface area contributed by atoms with Crippen LogP contribution in [0.15, 0.2) is 12.1 Å². The minimum atomic E-state index is -0.585. The average molecular weight is 347 g/mol. The first kappa shape index (κ1) is 15.9. The lowest BCUT2D eigenvalue weighted by Crippen LogP contribution is -2.33. The van der Waals surface area contributed by atoms with E-state index < -0.39 is 18.0 Å². The highest BCUT2D eigenvalue weighted by molar-refractivity contribution is 6.03. The van der Waals surface area contributed by atoms with Crippen LogP contribution in [0, 0.1) is 5.82 Å². The zero-order valence-corrected chi connectivity index (χ0v) is 13.8. The summed E-state index contributed by atoms with van der Waals surface area (Å²) in [5.74, 6) is -0.804. The molecule has 1 aromatic carbocycles. The van der Waals surface area contributed by atoms with Gasteiger partial charge >= 0.3 is 6.09 Å². The van der Waals surface area contributed by atoms with Crippen molar-refractivity contribution in [1.82, 2.24) is 5.32 Å². The highest BCUT2D eigenvalue weighted by Crippen LogP contribution is 2.42. The third-order valence-corrected chi connectivity index (χ3v) is 4.65. The number of rotatable bonds is 4. The van der Waals surface area contributed by atoms with E-state index in [1.54, 1.807) is 11.0 Å². The third-order valence-electron chi connectivity index (χ3n) is 4.65. The van der Waals surface area contributed by atoms with E-state index in [1.165, 1.54) is 17.9 Å². The van der Waals surface area contributed by atoms with Gasteiger partial charge in [-0.2, -0.15) is 0 Å². The molecule has 8 heteroatoms. The van der Waals surface area contributed by atoms with Gasteiger partial charge in [-0.05, 0) is 30.5 Å². The second kappa shape index (κ2) is 5.72. The van der Waals surface area contributed by atoms with Crippen LogP contribution < -0.4 is 15.1 Å². The molecule has 2 aliphatic heterocycles. The number of anilines is 2. The molecule has 0 unspecified atom stereocenters. The van der Waals surface area contributed by atoms with Crippen molar-refractivity contribution in [2.24, 2.45) is 0 Å². The molecule has 0 radical (unpaired) electrons. The SMILES string of the molecule is CC(=O)NC[C@H]1CN(c2cc(F)c3c(c2)CC(=O)N3C2CC2)C(=O)O1. The van der Waals surface area contributed by atoms with Gasteiger partial charge in [-0.15, -0.1) is 0 Å². The molecule has 1 saturated heterocycles. The van der Waals surface area contributed by atoms with Crippen LogP contribution in [0.4, 0.5) is 20.6 Å². The summed E-state index contributed by atoms with van der Waals surface area (Å²) in [6.07, 6.45) is 0.871. The molecular formula is C17H18FN3O4. The van der Waals surface area contributed by atoms with Gasteiger partial charge in [0.25, 0.3) is 0 Å². The van der Waals surface area contributed by atoms with Crippen LogP contribution in [0.25, 0.3) is 0 Å². The molecule has 0 bridgehead atoms. The van der Waals surface area contributed by atoms with Crippen molar-refractivity contribution in [2.45, 2.75) is 38.3 Å². The van der Waals surface area contributed by atoms with E-state index in [1.807, 2.05) is 0 Å². The number of halogens is 1. The van der Waals surface area contributed by atoms with E-state index in [2.05, 4.69) is 5.32 Å².